The number of carbonyl (C=O) groups is 2. The second-order valence-electron chi connectivity index (χ2n) is 20.0. The Morgan fingerprint density at radius 1 is 0.691 bits per heavy atom. The third-order valence-electron chi connectivity index (χ3n) is 11.9. The summed E-state index contributed by atoms with van der Waals surface area (Å²) in [6, 6.07) is 14.8. The zero-order valence-corrected chi connectivity index (χ0v) is 43.0. The number of para-hydroxylation sites is 2. The van der Waals surface area contributed by atoms with E-state index in [0.717, 1.165) is 37.3 Å². The van der Waals surface area contributed by atoms with Gasteiger partial charge in [-0.2, -0.15) is 0 Å². The first-order chi connectivity index (χ1) is 31.9. The van der Waals surface area contributed by atoms with Gasteiger partial charge in [-0.1, -0.05) is 18.2 Å². The Morgan fingerprint density at radius 3 is 1.65 bits per heavy atom. The van der Waals surface area contributed by atoms with Crippen molar-refractivity contribution in [2.45, 2.75) is 118 Å². The fourth-order valence-corrected chi connectivity index (χ4v) is 8.40. The Balaban J connectivity index is 0.000000156. The molecule has 18 nitrogen and oxygen atoms in total. The van der Waals surface area contributed by atoms with Crippen LogP contribution in [-0.2, 0) is 45.0 Å². The highest BCUT2D eigenvalue weighted by Crippen LogP contribution is 2.37. The highest BCUT2D eigenvalue weighted by atomic mass is 127. The summed E-state index contributed by atoms with van der Waals surface area (Å²) in [7, 11) is 2.79. The first-order valence-corrected chi connectivity index (χ1v) is 23.6. The number of nitrogens with zero attached hydrogens (tertiary/aromatic N) is 4. The van der Waals surface area contributed by atoms with Crippen LogP contribution in [-0.4, -0.2) is 97.7 Å². The monoisotopic (exact) mass is 1040 g/mol. The number of methoxy groups -OCH3 is 2. The van der Waals surface area contributed by atoms with Crippen LogP contribution < -0.4 is 38.0 Å². The van der Waals surface area contributed by atoms with Crippen molar-refractivity contribution in [2.75, 3.05) is 38.1 Å². The molecule has 4 aromatic heterocycles. The Morgan fingerprint density at radius 2 is 1.16 bits per heavy atom. The van der Waals surface area contributed by atoms with Crippen LogP contribution in [0.5, 0.6) is 0 Å². The number of carbonyl (C=O) groups excluding carboxylic acids is 2. The van der Waals surface area contributed by atoms with Gasteiger partial charge in [-0.05, 0) is 122 Å². The van der Waals surface area contributed by atoms with Crippen molar-refractivity contribution in [1.82, 2.24) is 39.7 Å². The molecule has 0 unspecified atom stereocenters. The quantitative estimate of drug-likeness (QED) is 0.0697. The molecule has 1 fully saturated rings. The van der Waals surface area contributed by atoms with Crippen LogP contribution in [0.15, 0.2) is 58.1 Å². The highest BCUT2D eigenvalue weighted by Gasteiger charge is 2.52. The number of hydrogen-bond acceptors (Lipinski definition) is 12. The molecule has 2 aromatic carbocycles. The van der Waals surface area contributed by atoms with Crippen LogP contribution in [0.25, 0.3) is 33.1 Å². The largest absolute Gasteiger partial charge is 0.512 e. The topological polar surface area (TPSA) is 221 Å². The molecule has 0 bridgehead atoms. The van der Waals surface area contributed by atoms with Crippen LogP contribution >= 0.6 is 22.6 Å². The summed E-state index contributed by atoms with van der Waals surface area (Å²) in [6.45, 7) is 23.0. The van der Waals surface area contributed by atoms with Crippen molar-refractivity contribution >= 4 is 80.8 Å². The summed E-state index contributed by atoms with van der Waals surface area (Å²) < 4.78 is 26.4. The smallest absolute Gasteiger partial charge is 0.398 e. The fraction of sp³-hybridized carbons (Fsp3) is 0.458. The van der Waals surface area contributed by atoms with Crippen molar-refractivity contribution in [2.24, 2.45) is 0 Å². The van der Waals surface area contributed by atoms with Crippen LogP contribution in [0.2, 0.25) is 0 Å². The van der Waals surface area contributed by atoms with Gasteiger partial charge in [0.25, 0.3) is 22.9 Å². The number of aromatic amines is 2. The lowest BCUT2D eigenvalue weighted by molar-refractivity contribution is 0.00578. The lowest BCUT2D eigenvalue weighted by Gasteiger charge is -2.32. The summed E-state index contributed by atoms with van der Waals surface area (Å²) in [6.07, 6.45) is 0. The number of hydrogen-bond donors (Lipinski definition) is 6. The second kappa shape index (κ2) is 19.5. The van der Waals surface area contributed by atoms with Gasteiger partial charge in [-0.3, -0.25) is 28.3 Å². The number of ether oxygens (including phenoxy) is 2. The number of rotatable bonds is 10. The summed E-state index contributed by atoms with van der Waals surface area (Å²) in [4.78, 5) is 65.5. The zero-order chi connectivity index (χ0) is 49.5. The number of benzene rings is 2. The van der Waals surface area contributed by atoms with Gasteiger partial charge < -0.3 is 50.0 Å². The Kier molecular flexibility index (Phi) is 14.4. The minimum Gasteiger partial charge on any atom is -0.398 e. The normalized spacial score (nSPS) is 15.9. The predicted molar refractivity (Wildman–Crippen MR) is 274 cm³/mol. The minimum absolute atomic E-state index is 0.0379. The highest BCUT2D eigenvalue weighted by molar-refractivity contribution is 14.1. The number of fused-ring (bicyclic) bond motifs is 4. The Bertz CT molecular complexity index is 2980. The van der Waals surface area contributed by atoms with Crippen LogP contribution in [0, 0.1) is 3.57 Å². The Hall–Kier alpha value is -5.55. The van der Waals surface area contributed by atoms with E-state index in [2.05, 4.69) is 58.8 Å². The van der Waals surface area contributed by atoms with E-state index in [1.165, 1.54) is 0 Å². The molecule has 0 saturated carbocycles. The molecule has 0 atom stereocenters. The molecule has 68 heavy (non-hydrogen) atoms. The summed E-state index contributed by atoms with van der Waals surface area (Å²) in [5, 5.41) is 13.4. The third-order valence-corrected chi connectivity index (χ3v) is 12.8. The summed E-state index contributed by atoms with van der Waals surface area (Å²) >= 11 is 2.21. The third kappa shape index (κ3) is 10.7. The van der Waals surface area contributed by atoms with Gasteiger partial charge in [0.15, 0.2) is 0 Å². The second-order valence-corrected chi connectivity index (χ2v) is 21.2. The number of amides is 2. The van der Waals surface area contributed by atoms with Gasteiger partial charge in [0, 0.05) is 57.1 Å². The van der Waals surface area contributed by atoms with E-state index in [1.54, 1.807) is 29.4 Å². The predicted octanol–water partition coefficient (Wildman–Crippen LogP) is 5.91. The SMILES string of the molecule is CC1(C)OB(c2cc3c([nH]2)CNC3=O)OC1(C)C.COCCn1c(NC(C)(C)C)nc2c(-c3cc4c([nH]3)CNC4=O)cccc2c1=O.COCCn1c(NC(C)(C)C)nc2c(I)cccc2c1=O. The molecule has 9 rings (SSSR count). The van der Waals surface area contributed by atoms with E-state index in [0.29, 0.717) is 78.7 Å². The van der Waals surface area contributed by atoms with Crippen molar-refractivity contribution in [1.29, 1.82) is 0 Å². The minimum atomic E-state index is -0.437. The van der Waals surface area contributed by atoms with Crippen molar-refractivity contribution < 1.29 is 28.4 Å². The number of nitrogens with one attached hydrogen (secondary N) is 6. The molecule has 7 heterocycles. The molecule has 0 radical (unpaired) electrons. The lowest BCUT2D eigenvalue weighted by Crippen LogP contribution is -2.41. The van der Waals surface area contributed by atoms with Gasteiger partial charge in [0.1, 0.15) is 0 Å². The summed E-state index contributed by atoms with van der Waals surface area (Å²) in [5.41, 5.74) is 5.45. The van der Waals surface area contributed by atoms with E-state index in [-0.39, 0.29) is 45.2 Å². The van der Waals surface area contributed by atoms with Crippen molar-refractivity contribution in [3.05, 3.63) is 95.3 Å². The standard InChI is InChI=1S/C21H25N5O3.C15H20IN3O2.C12H17BN2O3/c1-21(2,3)25-20-24-17-12(15-10-14-16(23-15)11-22-18(14)27)6-5-7-13(17)19(28)26(20)8-9-29-4;1-15(2,3)18-14-17-12-10(6-5-7-11(12)16)13(20)19(14)8-9-21-4;1-11(2)12(3,4)18-13(17-11)9-5-7-8(15-9)6-14-10(7)16/h5-7,10,23H,8-9,11H2,1-4H3,(H,22,27)(H,24,25);5-7H,8-9H2,1-4H3,(H,17,18);5,15H,6H2,1-4H3,(H,14,16). The number of H-pyrrole nitrogens is 2. The van der Waals surface area contributed by atoms with Crippen molar-refractivity contribution in [3.8, 4) is 11.3 Å². The molecule has 3 aliphatic heterocycles. The van der Waals surface area contributed by atoms with Gasteiger partial charge >= 0.3 is 7.12 Å². The fourth-order valence-electron chi connectivity index (χ4n) is 7.78. The maximum Gasteiger partial charge on any atom is 0.512 e. The van der Waals surface area contributed by atoms with Crippen LogP contribution in [0.3, 0.4) is 0 Å². The van der Waals surface area contributed by atoms with Crippen LogP contribution in [0.1, 0.15) is 101 Å². The average Bonchev–Trinajstić information content (AvgIpc) is 4.06. The van der Waals surface area contributed by atoms with Crippen molar-refractivity contribution in [3.63, 3.8) is 0 Å². The number of anilines is 2. The molecule has 1 saturated heterocycles. The van der Waals surface area contributed by atoms with Crippen LogP contribution in [0.4, 0.5) is 11.9 Å². The first kappa shape index (κ1) is 50.3. The zero-order valence-electron chi connectivity index (χ0n) is 40.9. The molecular weight excluding hydrogens is 982 g/mol. The molecule has 3 aliphatic rings. The summed E-state index contributed by atoms with van der Waals surface area (Å²) in [5.74, 6) is 0.953. The van der Waals surface area contributed by atoms with E-state index >= 15 is 0 Å². The average molecular weight is 1040 g/mol. The number of aromatic nitrogens is 6. The van der Waals surface area contributed by atoms with E-state index in [4.69, 9.17) is 23.8 Å². The molecule has 6 N–H and O–H groups in total. The Labute approximate surface area is 409 Å². The van der Waals surface area contributed by atoms with Gasteiger partial charge in [0.2, 0.25) is 11.9 Å². The number of halogens is 1. The molecule has 2 amide bonds. The van der Waals surface area contributed by atoms with E-state index < -0.39 is 7.12 Å². The lowest BCUT2D eigenvalue weighted by atomic mass is 9.85. The molecule has 0 spiro atoms. The maximum absolute atomic E-state index is 13.3. The molecule has 6 aromatic rings. The van der Waals surface area contributed by atoms with Gasteiger partial charge in [0.05, 0.1) is 83.5 Å². The van der Waals surface area contributed by atoms with E-state index in [9.17, 15) is 19.2 Å². The first-order valence-electron chi connectivity index (χ1n) is 22.5. The molecule has 0 aliphatic carbocycles. The van der Waals surface area contributed by atoms with E-state index in [1.807, 2.05) is 112 Å². The molecule has 362 valence electrons. The molecule has 20 heteroatoms. The van der Waals surface area contributed by atoms with Gasteiger partial charge in [-0.15, -0.1) is 0 Å². The van der Waals surface area contributed by atoms with Gasteiger partial charge in [-0.25, -0.2) is 9.97 Å². The maximum atomic E-state index is 13.3. The molecular formula is C48H62BIN10O8.